The van der Waals surface area contributed by atoms with Crippen LogP contribution in [0.15, 0.2) is 48.5 Å². The molecule has 0 unspecified atom stereocenters. The van der Waals surface area contributed by atoms with Crippen molar-refractivity contribution in [1.29, 1.82) is 0 Å². The van der Waals surface area contributed by atoms with Crippen LogP contribution in [0, 0.1) is 5.82 Å². The number of carbonyl (C=O) groups excluding carboxylic acids is 2. The van der Waals surface area contributed by atoms with Crippen LogP contribution >= 0.6 is 12.2 Å². The van der Waals surface area contributed by atoms with Gasteiger partial charge in [-0.2, -0.15) is 0 Å². The lowest BCUT2D eigenvalue weighted by atomic mass is 10.2. The van der Waals surface area contributed by atoms with Crippen LogP contribution in [0.1, 0.15) is 5.56 Å². The number of nitrogens with two attached hydrogens (primary N) is 1. The Morgan fingerprint density at radius 3 is 2.58 bits per heavy atom. The molecule has 2 aliphatic heterocycles. The fourth-order valence-electron chi connectivity index (χ4n) is 4.13. The number of hydrogen-bond donors (Lipinski definition) is 2. The summed E-state index contributed by atoms with van der Waals surface area (Å²) in [7, 11) is 1.60. The number of carbonyl (C=O) groups is 2. The van der Waals surface area contributed by atoms with Crippen LogP contribution in [0.3, 0.4) is 0 Å². The largest absolute Gasteiger partial charge is 0.497 e. The molecule has 2 amide bonds. The van der Waals surface area contributed by atoms with Crippen molar-refractivity contribution in [2.75, 3.05) is 56.2 Å². The van der Waals surface area contributed by atoms with Gasteiger partial charge in [-0.3, -0.25) is 9.69 Å². The summed E-state index contributed by atoms with van der Waals surface area (Å²) in [5, 5.41) is 2.88. The van der Waals surface area contributed by atoms with Gasteiger partial charge < -0.3 is 30.3 Å². The highest BCUT2D eigenvalue weighted by molar-refractivity contribution is 7.80. The molecule has 4 rings (SSSR count). The van der Waals surface area contributed by atoms with E-state index in [0.29, 0.717) is 37.6 Å². The fraction of sp³-hybridized carbons (Fsp3) is 0.320. The standard InChI is InChI=1S/C25H28FN5O4S/c1-34-19-6-2-17(3-7-19)4-9-23(32)30-12-10-29(11-13-30)22-8-5-18(14-21(22)26)31-16-20(35-25(31)33)15-28-24(27)36/h2-9,14,20H,10-13,15-16H2,1H3,(H3,27,28,36)/t20-/m0/s1. The number of rotatable bonds is 7. The number of amides is 2. The predicted molar refractivity (Wildman–Crippen MR) is 140 cm³/mol. The minimum Gasteiger partial charge on any atom is -0.497 e. The van der Waals surface area contributed by atoms with Gasteiger partial charge in [0.25, 0.3) is 0 Å². The van der Waals surface area contributed by atoms with E-state index in [1.54, 1.807) is 36.3 Å². The van der Waals surface area contributed by atoms with Gasteiger partial charge in [-0.05, 0) is 54.2 Å². The molecule has 2 aliphatic rings. The smallest absolute Gasteiger partial charge is 0.414 e. The Hall–Kier alpha value is -3.86. The molecular weight excluding hydrogens is 485 g/mol. The van der Waals surface area contributed by atoms with E-state index < -0.39 is 18.0 Å². The Morgan fingerprint density at radius 1 is 1.22 bits per heavy atom. The first-order valence-corrected chi connectivity index (χ1v) is 11.9. The first-order valence-electron chi connectivity index (χ1n) is 11.5. The molecule has 0 radical (unpaired) electrons. The molecule has 1 atom stereocenters. The van der Waals surface area contributed by atoms with Crippen LogP contribution in [0.25, 0.3) is 6.08 Å². The van der Waals surface area contributed by atoms with E-state index in [1.807, 2.05) is 29.2 Å². The number of ether oxygens (including phenoxy) is 2. The first-order chi connectivity index (χ1) is 17.3. The SMILES string of the molecule is COc1ccc(C=CC(=O)N2CCN(c3ccc(N4C[C@H](CNC(N)=S)OC4=O)cc3F)CC2)cc1. The van der Waals surface area contributed by atoms with Gasteiger partial charge in [0.15, 0.2) is 5.11 Å². The van der Waals surface area contributed by atoms with Crippen molar-refractivity contribution in [2.45, 2.75) is 6.10 Å². The Bertz CT molecular complexity index is 1150. The van der Waals surface area contributed by atoms with E-state index in [0.717, 1.165) is 11.3 Å². The molecular formula is C25H28FN5O4S. The molecule has 0 aliphatic carbocycles. The van der Waals surface area contributed by atoms with Crippen molar-refractivity contribution in [2.24, 2.45) is 5.73 Å². The Labute approximate surface area is 214 Å². The molecule has 0 bridgehead atoms. The summed E-state index contributed by atoms with van der Waals surface area (Å²) >= 11 is 4.77. The Morgan fingerprint density at radius 2 is 1.94 bits per heavy atom. The quantitative estimate of drug-likeness (QED) is 0.430. The highest BCUT2D eigenvalue weighted by atomic mass is 32.1. The molecule has 0 spiro atoms. The van der Waals surface area contributed by atoms with Gasteiger partial charge in [0.1, 0.15) is 17.7 Å². The molecule has 2 aromatic rings. The van der Waals surface area contributed by atoms with Crippen LogP contribution in [0.2, 0.25) is 0 Å². The Kier molecular flexibility index (Phi) is 7.89. The number of piperazine rings is 1. The average Bonchev–Trinajstić information content (AvgIpc) is 3.26. The zero-order chi connectivity index (χ0) is 25.7. The summed E-state index contributed by atoms with van der Waals surface area (Å²) in [6, 6.07) is 12.1. The van der Waals surface area contributed by atoms with Gasteiger partial charge in [-0.25, -0.2) is 9.18 Å². The number of hydrogen-bond acceptors (Lipinski definition) is 6. The predicted octanol–water partition coefficient (Wildman–Crippen LogP) is 2.35. The van der Waals surface area contributed by atoms with Gasteiger partial charge in [0, 0.05) is 32.3 Å². The molecule has 9 nitrogen and oxygen atoms in total. The molecule has 36 heavy (non-hydrogen) atoms. The van der Waals surface area contributed by atoms with Crippen LogP contribution in [0.4, 0.5) is 20.6 Å². The summed E-state index contributed by atoms with van der Waals surface area (Å²) in [5.74, 6) is 0.224. The number of nitrogens with one attached hydrogen (secondary N) is 1. The number of benzene rings is 2. The lowest BCUT2D eigenvalue weighted by Crippen LogP contribution is -2.48. The second kappa shape index (κ2) is 11.3. The maximum absolute atomic E-state index is 15.0. The zero-order valence-corrected chi connectivity index (χ0v) is 20.7. The van der Waals surface area contributed by atoms with Crippen molar-refractivity contribution in [3.8, 4) is 5.75 Å². The van der Waals surface area contributed by atoms with Gasteiger partial charge in [0.2, 0.25) is 5.91 Å². The number of halogens is 1. The minimum absolute atomic E-state index is 0.0896. The minimum atomic E-state index is -0.549. The van der Waals surface area contributed by atoms with E-state index in [2.05, 4.69) is 5.32 Å². The molecule has 11 heteroatoms. The lowest BCUT2D eigenvalue weighted by molar-refractivity contribution is -0.126. The fourth-order valence-corrected chi connectivity index (χ4v) is 4.21. The molecule has 3 N–H and O–H groups in total. The van der Waals surface area contributed by atoms with Crippen LogP contribution < -0.4 is 25.6 Å². The summed E-state index contributed by atoms with van der Waals surface area (Å²) in [4.78, 5) is 29.8. The number of nitrogens with zero attached hydrogens (tertiary/aromatic N) is 3. The second-order valence-electron chi connectivity index (χ2n) is 8.42. The van der Waals surface area contributed by atoms with Crippen LogP contribution in [-0.2, 0) is 9.53 Å². The summed E-state index contributed by atoms with van der Waals surface area (Å²) in [6.07, 6.45) is 2.32. The van der Waals surface area contributed by atoms with Crippen molar-refractivity contribution < 1.29 is 23.5 Å². The number of methoxy groups -OCH3 is 1. The molecule has 2 saturated heterocycles. The molecule has 190 valence electrons. The van der Waals surface area contributed by atoms with Crippen LogP contribution in [-0.4, -0.2) is 74.5 Å². The topological polar surface area (TPSA) is 100 Å². The van der Waals surface area contributed by atoms with Gasteiger partial charge in [0.05, 0.1) is 31.6 Å². The maximum Gasteiger partial charge on any atom is 0.414 e. The third kappa shape index (κ3) is 6.03. The van der Waals surface area contributed by atoms with E-state index >= 15 is 4.39 Å². The van der Waals surface area contributed by atoms with Crippen molar-refractivity contribution in [1.82, 2.24) is 10.2 Å². The Balaban J connectivity index is 1.32. The van der Waals surface area contributed by atoms with Crippen LogP contribution in [0.5, 0.6) is 5.75 Å². The summed E-state index contributed by atoms with van der Waals surface area (Å²) in [6.45, 7) is 2.49. The van der Waals surface area contributed by atoms with Crippen molar-refractivity contribution in [3.05, 3.63) is 59.9 Å². The number of cyclic esters (lactones) is 1. The number of anilines is 2. The van der Waals surface area contributed by atoms with Gasteiger partial charge in [-0.15, -0.1) is 0 Å². The van der Waals surface area contributed by atoms with E-state index in [-0.39, 0.29) is 24.1 Å². The molecule has 2 fully saturated rings. The van der Waals surface area contributed by atoms with Gasteiger partial charge in [-0.1, -0.05) is 12.1 Å². The highest BCUT2D eigenvalue weighted by Crippen LogP contribution is 2.28. The third-order valence-corrected chi connectivity index (χ3v) is 6.23. The zero-order valence-electron chi connectivity index (χ0n) is 19.9. The molecule has 0 saturated carbocycles. The average molecular weight is 514 g/mol. The third-order valence-electron chi connectivity index (χ3n) is 6.09. The molecule has 0 aromatic heterocycles. The first kappa shape index (κ1) is 25.2. The van der Waals surface area contributed by atoms with Crippen molar-refractivity contribution >= 4 is 46.8 Å². The van der Waals surface area contributed by atoms with E-state index in [1.165, 1.54) is 11.0 Å². The maximum atomic E-state index is 15.0. The number of thiocarbonyl (C=S) groups is 1. The lowest BCUT2D eigenvalue weighted by Gasteiger charge is -2.36. The summed E-state index contributed by atoms with van der Waals surface area (Å²) < 4.78 is 25.4. The van der Waals surface area contributed by atoms with Crippen molar-refractivity contribution in [3.63, 3.8) is 0 Å². The summed E-state index contributed by atoms with van der Waals surface area (Å²) in [5.41, 5.74) is 7.16. The molecule has 2 heterocycles. The normalized spacial score (nSPS) is 17.9. The van der Waals surface area contributed by atoms with Gasteiger partial charge >= 0.3 is 6.09 Å². The monoisotopic (exact) mass is 513 g/mol. The van der Waals surface area contributed by atoms with E-state index in [9.17, 15) is 9.59 Å². The molecule has 2 aromatic carbocycles. The second-order valence-corrected chi connectivity index (χ2v) is 8.86. The van der Waals surface area contributed by atoms with E-state index in [4.69, 9.17) is 27.4 Å². The highest BCUT2D eigenvalue weighted by Gasteiger charge is 2.33.